The van der Waals surface area contributed by atoms with E-state index in [2.05, 4.69) is 42.7 Å². The number of likely N-dealkylation sites (tertiary alicyclic amines) is 1. The van der Waals surface area contributed by atoms with E-state index in [1.165, 1.54) is 26.3 Å². The molecule has 1 saturated carbocycles. The number of carbonyl (C=O) groups is 2. The fourth-order valence-corrected chi connectivity index (χ4v) is 9.75. The third-order valence-corrected chi connectivity index (χ3v) is 13.1. The van der Waals surface area contributed by atoms with Crippen LogP contribution in [0.2, 0.25) is 0 Å². The summed E-state index contributed by atoms with van der Waals surface area (Å²) in [6.45, 7) is 7.73. The lowest BCUT2D eigenvalue weighted by molar-refractivity contribution is -0.129. The Bertz CT molecular complexity index is 2640. The Balaban J connectivity index is 0.975. The molecule has 4 fully saturated rings. The molecule has 4 aliphatic rings. The van der Waals surface area contributed by atoms with Crippen LogP contribution in [0.5, 0.6) is 5.75 Å². The zero-order valence-corrected chi connectivity index (χ0v) is 34.1. The van der Waals surface area contributed by atoms with Gasteiger partial charge in [-0.2, -0.15) is 0 Å². The number of rotatable bonds is 8. The highest BCUT2D eigenvalue weighted by Gasteiger charge is 2.40. The standard InChI is InChI=1S/C40H45F2N11O5S/c1-5-49-19-29(34(56)25-16-28(42)37(44-36(25)49)51-13-11-50(12-14-51)21(2)54)43-39(57)45-40-47-46-38(59-40)26-18-53(23-8-9-23)31-24(33(26)55)15-27(41)32(35(31)58-4)52-17-22-7-6-10-48(3)30(22)20-52/h15-16,18-19,22-23,30H,5-14,17,20H2,1-4H3,(H2,43,45,47,57). The number of amides is 3. The van der Waals surface area contributed by atoms with Gasteiger partial charge >= 0.3 is 6.03 Å². The summed E-state index contributed by atoms with van der Waals surface area (Å²) in [4.78, 5) is 65.2. The molecule has 310 valence electrons. The first-order chi connectivity index (χ1) is 28.4. The minimum atomic E-state index is -0.804. The third-order valence-electron chi connectivity index (χ3n) is 12.2. The summed E-state index contributed by atoms with van der Waals surface area (Å²) in [5.41, 5.74) is 0.191. The van der Waals surface area contributed by atoms with E-state index < -0.39 is 28.5 Å². The summed E-state index contributed by atoms with van der Waals surface area (Å²) in [5.74, 6) is -0.412. The van der Waals surface area contributed by atoms with E-state index >= 15 is 8.78 Å². The maximum atomic E-state index is 16.3. The highest BCUT2D eigenvalue weighted by molar-refractivity contribution is 7.18. The van der Waals surface area contributed by atoms with Gasteiger partial charge in [-0.1, -0.05) is 11.3 Å². The molecule has 16 nitrogen and oxygen atoms in total. The molecule has 2 N–H and O–H groups in total. The minimum absolute atomic E-state index is 0.0130. The van der Waals surface area contributed by atoms with Crippen LogP contribution >= 0.6 is 11.3 Å². The Kier molecular flexibility index (Phi) is 9.97. The number of anilines is 4. The number of methoxy groups -OCH3 is 1. The quantitative estimate of drug-likeness (QED) is 0.223. The van der Waals surface area contributed by atoms with E-state index in [0.29, 0.717) is 74.7 Å². The van der Waals surface area contributed by atoms with Crippen molar-refractivity contribution in [1.29, 1.82) is 0 Å². The molecule has 19 heteroatoms. The third kappa shape index (κ3) is 6.92. The number of carbonyl (C=O) groups excluding carboxylic acids is 2. The van der Waals surface area contributed by atoms with Crippen molar-refractivity contribution in [2.75, 3.05) is 80.4 Å². The van der Waals surface area contributed by atoms with Crippen molar-refractivity contribution in [3.8, 4) is 16.3 Å². The number of hydrogen-bond donors (Lipinski definition) is 2. The first-order valence-electron chi connectivity index (χ1n) is 20.0. The van der Waals surface area contributed by atoms with Crippen LogP contribution in [0.25, 0.3) is 32.5 Å². The maximum absolute atomic E-state index is 16.3. The molecule has 59 heavy (non-hydrogen) atoms. The van der Waals surface area contributed by atoms with Crippen molar-refractivity contribution >= 4 is 67.5 Å². The van der Waals surface area contributed by atoms with E-state index in [0.717, 1.165) is 49.6 Å². The highest BCUT2D eigenvalue weighted by Crippen LogP contribution is 2.46. The van der Waals surface area contributed by atoms with Gasteiger partial charge in [0.05, 0.1) is 29.0 Å². The number of urea groups is 1. The van der Waals surface area contributed by atoms with Crippen LogP contribution in [0.1, 0.15) is 45.6 Å². The SMILES string of the molecule is CCn1cc(NC(=O)Nc2nnc(-c3cn(C4CC4)c4c(OC)c(N5CC6CCCN(C)C6C5)c(F)cc4c3=O)s2)c(=O)c2cc(F)c(N3CCN(C(C)=O)CC3)nc21. The number of halogens is 2. The molecular weight excluding hydrogens is 785 g/mol. The van der Waals surface area contributed by atoms with Crippen molar-refractivity contribution in [3.63, 3.8) is 0 Å². The van der Waals surface area contributed by atoms with Gasteiger partial charge in [-0.3, -0.25) is 19.7 Å². The van der Waals surface area contributed by atoms with Gasteiger partial charge in [0.2, 0.25) is 16.5 Å². The van der Waals surface area contributed by atoms with Gasteiger partial charge in [0, 0.05) is 77.2 Å². The van der Waals surface area contributed by atoms with Crippen LogP contribution < -0.4 is 36.0 Å². The molecule has 9 rings (SSSR count). The summed E-state index contributed by atoms with van der Waals surface area (Å²) in [6.07, 6.45) is 7.13. The molecule has 4 aromatic heterocycles. The fourth-order valence-electron chi connectivity index (χ4n) is 9.01. The van der Waals surface area contributed by atoms with Crippen LogP contribution in [0.3, 0.4) is 0 Å². The van der Waals surface area contributed by atoms with E-state index in [1.807, 2.05) is 11.5 Å². The van der Waals surface area contributed by atoms with Crippen LogP contribution in [-0.4, -0.2) is 112 Å². The first kappa shape index (κ1) is 38.8. The molecule has 3 amide bonds. The topological polar surface area (TPSA) is 163 Å². The summed E-state index contributed by atoms with van der Waals surface area (Å²) in [6, 6.07) is 2.04. The van der Waals surface area contributed by atoms with Gasteiger partial charge < -0.3 is 38.8 Å². The molecule has 2 unspecified atom stereocenters. The minimum Gasteiger partial charge on any atom is -0.492 e. The second kappa shape index (κ2) is 15.2. The van der Waals surface area contributed by atoms with E-state index in [4.69, 9.17) is 4.74 Å². The van der Waals surface area contributed by atoms with E-state index in [1.54, 1.807) is 20.6 Å². The zero-order valence-electron chi connectivity index (χ0n) is 33.3. The van der Waals surface area contributed by atoms with E-state index in [-0.39, 0.29) is 55.6 Å². The molecule has 0 bridgehead atoms. The van der Waals surface area contributed by atoms with Gasteiger partial charge in [0.15, 0.2) is 33.6 Å². The Morgan fingerprint density at radius 2 is 1.69 bits per heavy atom. The molecule has 7 heterocycles. The largest absolute Gasteiger partial charge is 0.492 e. The van der Waals surface area contributed by atoms with Crippen LogP contribution in [0.4, 0.5) is 35.9 Å². The number of ether oxygens (including phenoxy) is 1. The predicted molar refractivity (Wildman–Crippen MR) is 222 cm³/mol. The molecule has 5 aromatic rings. The monoisotopic (exact) mass is 829 g/mol. The predicted octanol–water partition coefficient (Wildman–Crippen LogP) is 4.71. The molecule has 1 aromatic carbocycles. The van der Waals surface area contributed by atoms with Crippen molar-refractivity contribution in [1.82, 2.24) is 34.1 Å². The number of fused-ring (bicyclic) bond motifs is 3. The van der Waals surface area contributed by atoms with Crippen LogP contribution in [0, 0.1) is 17.6 Å². The summed E-state index contributed by atoms with van der Waals surface area (Å²) in [5, 5.41) is 13.9. The lowest BCUT2D eigenvalue weighted by Crippen LogP contribution is -2.48. The first-order valence-corrected chi connectivity index (χ1v) is 20.8. The Morgan fingerprint density at radius 1 is 0.932 bits per heavy atom. The number of nitrogens with one attached hydrogen (secondary N) is 2. The molecular formula is C40H45F2N11O5S. The van der Waals surface area contributed by atoms with Crippen molar-refractivity contribution in [2.24, 2.45) is 5.92 Å². The number of piperidine rings is 1. The normalized spacial score (nSPS) is 19.7. The van der Waals surface area contributed by atoms with Gasteiger partial charge in [0.1, 0.15) is 17.0 Å². The fraction of sp³-hybridized carbons (Fsp3) is 0.475. The van der Waals surface area contributed by atoms with Gasteiger partial charge in [-0.05, 0) is 64.3 Å². The highest BCUT2D eigenvalue weighted by atomic mass is 32.1. The Labute approximate surface area is 341 Å². The molecule has 3 aliphatic heterocycles. The van der Waals surface area contributed by atoms with E-state index in [9.17, 15) is 19.2 Å². The molecule has 3 saturated heterocycles. The number of aryl methyl sites for hydroxylation is 1. The second-order valence-corrected chi connectivity index (χ2v) is 16.8. The van der Waals surface area contributed by atoms with Crippen LogP contribution in [-0.2, 0) is 11.3 Å². The van der Waals surface area contributed by atoms with Gasteiger partial charge in [-0.25, -0.2) is 18.6 Å². The molecule has 2 atom stereocenters. The summed E-state index contributed by atoms with van der Waals surface area (Å²) >= 11 is 0.956. The number of nitrogens with zero attached hydrogens (tertiary/aromatic N) is 9. The molecule has 0 radical (unpaired) electrons. The molecule has 0 spiro atoms. The lowest BCUT2D eigenvalue weighted by Gasteiger charge is -2.35. The number of hydrogen-bond acceptors (Lipinski definition) is 12. The Hall–Kier alpha value is -5.69. The van der Waals surface area contributed by atoms with Gasteiger partial charge in [-0.15, -0.1) is 10.2 Å². The Morgan fingerprint density at radius 3 is 2.39 bits per heavy atom. The smallest absolute Gasteiger partial charge is 0.325 e. The summed E-state index contributed by atoms with van der Waals surface area (Å²) < 4.78 is 41.3. The number of likely N-dealkylation sites (N-methyl/N-ethyl adjacent to an activating group) is 1. The van der Waals surface area contributed by atoms with Crippen molar-refractivity contribution in [3.05, 3.63) is 56.6 Å². The lowest BCUT2D eigenvalue weighted by atomic mass is 9.93. The number of benzene rings is 1. The zero-order chi connectivity index (χ0) is 41.3. The second-order valence-electron chi connectivity index (χ2n) is 15.8. The van der Waals surface area contributed by atoms with Gasteiger partial charge in [0.25, 0.3) is 0 Å². The van der Waals surface area contributed by atoms with Crippen LogP contribution in [0.15, 0.2) is 34.1 Å². The average Bonchev–Trinajstić information content (AvgIpc) is 3.81. The maximum Gasteiger partial charge on any atom is 0.325 e. The van der Waals surface area contributed by atoms with Crippen molar-refractivity contribution < 1.29 is 23.1 Å². The number of piperazine rings is 1. The summed E-state index contributed by atoms with van der Waals surface area (Å²) in [7, 11) is 3.63. The average molecular weight is 830 g/mol. The van der Waals surface area contributed by atoms with Crippen molar-refractivity contribution in [2.45, 2.75) is 58.2 Å². The number of aromatic nitrogens is 5. The number of pyridine rings is 3. The molecule has 1 aliphatic carbocycles.